The van der Waals surface area contributed by atoms with Gasteiger partial charge in [-0.1, -0.05) is 53.7 Å². The Hall–Kier alpha value is -2.67. The van der Waals surface area contributed by atoms with Crippen LogP contribution in [0.25, 0.3) is 10.9 Å². The average molecular weight is 678 g/mol. The Morgan fingerprint density at radius 3 is 2.24 bits per heavy atom. The third kappa shape index (κ3) is 6.89. The molecule has 1 aromatic heterocycles. The van der Waals surface area contributed by atoms with Gasteiger partial charge < -0.3 is 35.7 Å². The molecular weight excluding hydrogens is 624 g/mol. The fourth-order valence-electron chi connectivity index (χ4n) is 7.94. The second-order valence-electron chi connectivity index (χ2n) is 15.1. The van der Waals surface area contributed by atoms with E-state index in [0.717, 1.165) is 52.9 Å². The SMILES string of the molecule is C=CCO[C@H](c1ccnc2ccc(OC)cc12)[C@@H]1C[C@@H]2CC[N@@+]1(Cc1cc(C(C)(C)C)c(OC)c(C(C)(C)C)c1)C[C@@H]2C=C.[Br-]. The van der Waals surface area contributed by atoms with Crippen LogP contribution in [0.2, 0.25) is 0 Å². The van der Waals surface area contributed by atoms with Crippen LogP contribution >= 0.6 is 0 Å². The summed E-state index contributed by atoms with van der Waals surface area (Å²) < 4.78 is 19.6. The number of methoxy groups -OCH3 is 2. The van der Waals surface area contributed by atoms with E-state index in [1.807, 2.05) is 31.5 Å². The van der Waals surface area contributed by atoms with Gasteiger partial charge in [0.05, 0.1) is 39.4 Å². The average Bonchev–Trinajstić information content (AvgIpc) is 3.00. The number of ether oxygens (including phenoxy) is 3. The number of hydrogen-bond acceptors (Lipinski definition) is 4. The van der Waals surface area contributed by atoms with E-state index < -0.39 is 0 Å². The van der Waals surface area contributed by atoms with Crippen molar-refractivity contribution in [2.75, 3.05) is 33.9 Å². The second kappa shape index (κ2) is 13.6. The monoisotopic (exact) mass is 676 g/mol. The third-order valence-corrected chi connectivity index (χ3v) is 10.2. The lowest BCUT2D eigenvalue weighted by molar-refractivity contribution is -0.985. The van der Waals surface area contributed by atoms with E-state index in [1.54, 1.807) is 7.11 Å². The number of pyridine rings is 1. The highest BCUT2D eigenvalue weighted by atomic mass is 79.9. The van der Waals surface area contributed by atoms with Crippen molar-refractivity contribution in [1.29, 1.82) is 0 Å². The first kappa shape index (κ1) is 35.2. The van der Waals surface area contributed by atoms with Gasteiger partial charge in [0.25, 0.3) is 0 Å². The van der Waals surface area contributed by atoms with Crippen LogP contribution in [-0.4, -0.2) is 49.4 Å². The molecule has 0 unspecified atom stereocenters. The zero-order valence-electron chi connectivity index (χ0n) is 28.7. The number of nitrogens with zero attached hydrogens (tertiary/aromatic N) is 2. The smallest absolute Gasteiger partial charge is 0.135 e. The summed E-state index contributed by atoms with van der Waals surface area (Å²) in [5.74, 6) is 2.96. The number of benzene rings is 2. The van der Waals surface area contributed by atoms with Crippen LogP contribution in [0.4, 0.5) is 0 Å². The summed E-state index contributed by atoms with van der Waals surface area (Å²) in [7, 11) is 3.54. The fraction of sp³-hybridized carbons (Fsp3) is 0.513. The van der Waals surface area contributed by atoms with Gasteiger partial charge in [-0.25, -0.2) is 0 Å². The van der Waals surface area contributed by atoms with Crippen LogP contribution in [-0.2, 0) is 22.1 Å². The quantitative estimate of drug-likeness (QED) is 0.204. The van der Waals surface area contributed by atoms with Crippen LogP contribution in [0, 0.1) is 11.8 Å². The molecule has 0 radical (unpaired) electrons. The molecule has 45 heavy (non-hydrogen) atoms. The highest BCUT2D eigenvalue weighted by Gasteiger charge is 2.54. The van der Waals surface area contributed by atoms with Crippen molar-refractivity contribution in [2.45, 2.75) is 83.9 Å². The number of piperidine rings is 3. The first-order valence-electron chi connectivity index (χ1n) is 16.2. The molecule has 2 bridgehead atoms. The van der Waals surface area contributed by atoms with Crippen molar-refractivity contribution in [3.05, 3.63) is 90.2 Å². The zero-order valence-corrected chi connectivity index (χ0v) is 30.2. The Labute approximate surface area is 282 Å². The van der Waals surface area contributed by atoms with Crippen molar-refractivity contribution in [3.8, 4) is 11.5 Å². The molecule has 6 rings (SSSR count). The number of rotatable bonds is 10. The van der Waals surface area contributed by atoms with E-state index in [-0.39, 0.29) is 40.0 Å². The Balaban J connectivity index is 0.00000461. The standard InChI is InChI=1S/C39H53N2O3.BrH/c1-11-19-44-36(30-15-17-40-34-14-13-29(42-9)23-31(30)34)35-22-28-16-18-41(35,25-27(28)12-2)24-26-20-32(38(3,4)5)37(43-10)33(21-26)39(6,7)8;/h11-15,17,20-21,23,27-28,35-36H,1-2,16,18-19,22,24-25H2,3-10H3;1H/q+1;/p-1/t27-,28-,35-,36+,41+;/m0./s1. The van der Waals surface area contributed by atoms with Crippen molar-refractivity contribution >= 4 is 10.9 Å². The van der Waals surface area contributed by atoms with Crippen LogP contribution in [0.15, 0.2) is 67.9 Å². The van der Waals surface area contributed by atoms with E-state index in [2.05, 4.69) is 85.0 Å². The largest absolute Gasteiger partial charge is 1.00 e. The van der Waals surface area contributed by atoms with Gasteiger partial charge in [-0.05, 0) is 58.7 Å². The lowest BCUT2D eigenvalue weighted by Gasteiger charge is -2.58. The number of fused-ring (bicyclic) bond motifs is 4. The summed E-state index contributed by atoms with van der Waals surface area (Å²) in [6.07, 6.45) is 8.22. The number of quaternary nitrogens is 1. The second-order valence-corrected chi connectivity index (χ2v) is 15.1. The van der Waals surface area contributed by atoms with Gasteiger partial charge in [0.15, 0.2) is 0 Å². The first-order valence-corrected chi connectivity index (χ1v) is 16.2. The Bertz CT molecular complexity index is 1490. The molecule has 3 fully saturated rings. The van der Waals surface area contributed by atoms with E-state index in [1.165, 1.54) is 28.7 Å². The van der Waals surface area contributed by atoms with E-state index in [9.17, 15) is 0 Å². The molecule has 0 spiro atoms. The Morgan fingerprint density at radius 1 is 0.978 bits per heavy atom. The molecule has 2 aromatic carbocycles. The van der Waals surface area contributed by atoms with Crippen molar-refractivity contribution < 1.29 is 35.7 Å². The molecular formula is C39H53BrN2O3. The van der Waals surface area contributed by atoms with Gasteiger partial charge in [0.1, 0.15) is 30.2 Å². The molecule has 5 atom stereocenters. The van der Waals surface area contributed by atoms with Gasteiger partial charge in [-0.2, -0.15) is 0 Å². The van der Waals surface area contributed by atoms with Gasteiger partial charge in [0.2, 0.25) is 0 Å². The van der Waals surface area contributed by atoms with E-state index in [0.29, 0.717) is 18.4 Å². The maximum absolute atomic E-state index is 6.83. The predicted molar refractivity (Wildman–Crippen MR) is 181 cm³/mol. The summed E-state index contributed by atoms with van der Waals surface area (Å²) in [6.45, 7) is 25.7. The lowest BCUT2D eigenvalue weighted by atomic mass is 9.70. The van der Waals surface area contributed by atoms with Crippen molar-refractivity contribution in [2.24, 2.45) is 11.8 Å². The third-order valence-electron chi connectivity index (χ3n) is 10.2. The molecule has 0 N–H and O–H groups in total. The summed E-state index contributed by atoms with van der Waals surface area (Å²) in [4.78, 5) is 4.70. The molecule has 6 heteroatoms. The highest BCUT2D eigenvalue weighted by Crippen LogP contribution is 2.50. The van der Waals surface area contributed by atoms with Gasteiger partial charge in [0, 0.05) is 47.0 Å². The number of aromatic nitrogens is 1. The lowest BCUT2D eigenvalue weighted by Crippen LogP contribution is -3.00. The molecule has 244 valence electrons. The molecule has 3 saturated heterocycles. The molecule has 0 amide bonds. The van der Waals surface area contributed by atoms with Gasteiger partial charge >= 0.3 is 0 Å². The van der Waals surface area contributed by atoms with Gasteiger partial charge in [-0.15, -0.1) is 13.2 Å². The zero-order chi connectivity index (χ0) is 31.9. The molecule has 3 aliphatic heterocycles. The minimum absolute atomic E-state index is 0. The normalized spacial score (nSPS) is 23.7. The van der Waals surface area contributed by atoms with Crippen LogP contribution < -0.4 is 26.5 Å². The fourth-order valence-corrected chi connectivity index (χ4v) is 7.94. The predicted octanol–water partition coefficient (Wildman–Crippen LogP) is 5.71. The molecule has 5 nitrogen and oxygen atoms in total. The Kier molecular flexibility index (Phi) is 10.6. The maximum atomic E-state index is 6.83. The summed E-state index contributed by atoms with van der Waals surface area (Å²) in [5.41, 5.74) is 5.96. The van der Waals surface area contributed by atoms with Crippen molar-refractivity contribution in [3.63, 3.8) is 0 Å². The number of hydrogen-bond donors (Lipinski definition) is 0. The van der Waals surface area contributed by atoms with Crippen LogP contribution in [0.1, 0.15) is 82.7 Å². The summed E-state index contributed by atoms with van der Waals surface area (Å²) >= 11 is 0. The minimum atomic E-state index is -0.110. The first-order chi connectivity index (χ1) is 20.8. The van der Waals surface area contributed by atoms with Crippen LogP contribution in [0.3, 0.4) is 0 Å². The topological polar surface area (TPSA) is 40.6 Å². The number of halogens is 1. The molecule has 3 aliphatic rings. The molecule has 0 aliphatic carbocycles. The maximum Gasteiger partial charge on any atom is 0.135 e. The molecule has 4 heterocycles. The summed E-state index contributed by atoms with van der Waals surface area (Å²) in [5, 5.41) is 1.09. The Morgan fingerprint density at radius 2 is 1.67 bits per heavy atom. The van der Waals surface area contributed by atoms with Crippen LogP contribution in [0.5, 0.6) is 11.5 Å². The van der Waals surface area contributed by atoms with Gasteiger partial charge in [-0.3, -0.25) is 4.98 Å². The van der Waals surface area contributed by atoms with E-state index >= 15 is 0 Å². The molecule has 3 aromatic rings. The highest BCUT2D eigenvalue weighted by molar-refractivity contribution is 5.84. The molecule has 0 saturated carbocycles. The van der Waals surface area contributed by atoms with E-state index in [4.69, 9.17) is 19.2 Å². The minimum Gasteiger partial charge on any atom is -1.00 e. The summed E-state index contributed by atoms with van der Waals surface area (Å²) in [6, 6.07) is 13.4. The van der Waals surface area contributed by atoms with Crippen molar-refractivity contribution in [1.82, 2.24) is 4.98 Å².